The Hall–Kier alpha value is -3.01. The molecule has 1 aliphatic heterocycles. The maximum absolute atomic E-state index is 12.5. The lowest BCUT2D eigenvalue weighted by Gasteiger charge is -2.25. The van der Waals surface area contributed by atoms with Gasteiger partial charge in [0.05, 0.1) is 13.7 Å². The summed E-state index contributed by atoms with van der Waals surface area (Å²) in [5.74, 6) is 1.39. The van der Waals surface area contributed by atoms with E-state index >= 15 is 0 Å². The van der Waals surface area contributed by atoms with E-state index in [-0.39, 0.29) is 5.91 Å². The Kier molecular flexibility index (Phi) is 6.31. The molecule has 0 bridgehead atoms. The van der Waals surface area contributed by atoms with Crippen molar-refractivity contribution in [3.63, 3.8) is 0 Å². The largest absolute Gasteiger partial charge is 0.493 e. The van der Waals surface area contributed by atoms with Crippen LogP contribution in [0.25, 0.3) is 11.6 Å². The second-order valence-electron chi connectivity index (χ2n) is 6.31. The first kappa shape index (κ1) is 18.8. The number of benzene rings is 2. The zero-order chi connectivity index (χ0) is 19.1. The fraction of sp³-hybridized carbons (Fsp3) is 0.261. The van der Waals surface area contributed by atoms with Crippen LogP contribution in [-0.2, 0) is 4.79 Å². The van der Waals surface area contributed by atoms with Gasteiger partial charge >= 0.3 is 0 Å². The van der Waals surface area contributed by atoms with Gasteiger partial charge in [-0.25, -0.2) is 0 Å². The van der Waals surface area contributed by atoms with E-state index < -0.39 is 0 Å². The van der Waals surface area contributed by atoms with Crippen molar-refractivity contribution < 1.29 is 14.3 Å². The number of carbonyl (C=O) groups excluding carboxylic acids is 1. The average molecular weight is 363 g/mol. The number of nitrogens with zero attached hydrogens (tertiary/aromatic N) is 1. The van der Waals surface area contributed by atoms with Crippen molar-refractivity contribution in [2.75, 3.05) is 26.8 Å². The van der Waals surface area contributed by atoms with Crippen LogP contribution in [0.2, 0.25) is 0 Å². The molecule has 2 aromatic carbocycles. The van der Waals surface area contributed by atoms with Crippen LogP contribution in [0, 0.1) is 0 Å². The highest BCUT2D eigenvalue weighted by Gasteiger charge is 2.16. The lowest BCUT2D eigenvalue weighted by molar-refractivity contribution is -0.125. The summed E-state index contributed by atoms with van der Waals surface area (Å²) in [5.41, 5.74) is 3.45. The van der Waals surface area contributed by atoms with Gasteiger partial charge in [0.2, 0.25) is 5.91 Å². The quantitative estimate of drug-likeness (QED) is 0.713. The van der Waals surface area contributed by atoms with Crippen molar-refractivity contribution in [1.82, 2.24) is 4.90 Å². The number of rotatable bonds is 6. The van der Waals surface area contributed by atoms with E-state index in [0.717, 1.165) is 18.5 Å². The first-order valence-corrected chi connectivity index (χ1v) is 9.23. The summed E-state index contributed by atoms with van der Waals surface area (Å²) >= 11 is 0. The molecule has 0 atom stereocenters. The highest BCUT2D eigenvalue weighted by atomic mass is 16.5. The summed E-state index contributed by atoms with van der Waals surface area (Å²) in [5, 5.41) is 0. The molecule has 0 saturated heterocycles. The average Bonchev–Trinajstić information content (AvgIpc) is 2.73. The molecule has 3 rings (SSSR count). The van der Waals surface area contributed by atoms with E-state index in [1.807, 2.05) is 54.3 Å². The number of amides is 1. The van der Waals surface area contributed by atoms with Crippen LogP contribution in [-0.4, -0.2) is 37.6 Å². The highest BCUT2D eigenvalue weighted by molar-refractivity contribution is 5.92. The van der Waals surface area contributed by atoms with Crippen molar-refractivity contribution in [1.29, 1.82) is 0 Å². The molecule has 0 spiro atoms. The van der Waals surface area contributed by atoms with Crippen molar-refractivity contribution in [3.05, 3.63) is 71.8 Å². The van der Waals surface area contributed by atoms with Gasteiger partial charge in [-0.2, -0.15) is 0 Å². The minimum absolute atomic E-state index is 0.0196. The van der Waals surface area contributed by atoms with Crippen LogP contribution in [0.1, 0.15) is 24.5 Å². The minimum Gasteiger partial charge on any atom is -0.493 e. The zero-order valence-electron chi connectivity index (χ0n) is 15.9. The van der Waals surface area contributed by atoms with Gasteiger partial charge in [-0.05, 0) is 48.3 Å². The predicted octanol–water partition coefficient (Wildman–Crippen LogP) is 4.42. The van der Waals surface area contributed by atoms with E-state index in [9.17, 15) is 4.79 Å². The number of hydrogen-bond acceptors (Lipinski definition) is 3. The molecule has 1 aliphatic rings. The van der Waals surface area contributed by atoms with Crippen LogP contribution >= 0.6 is 0 Å². The van der Waals surface area contributed by atoms with E-state index in [4.69, 9.17) is 9.47 Å². The molecule has 2 aromatic rings. The first-order valence-electron chi connectivity index (χ1n) is 9.23. The number of methoxy groups -OCH3 is 1. The van der Waals surface area contributed by atoms with Gasteiger partial charge in [-0.15, -0.1) is 0 Å². The lowest BCUT2D eigenvalue weighted by atomic mass is 9.99. The van der Waals surface area contributed by atoms with Gasteiger partial charge in [0, 0.05) is 19.2 Å². The van der Waals surface area contributed by atoms with Crippen molar-refractivity contribution >= 4 is 17.6 Å². The standard InChI is InChI=1S/C23H25NO3/c1-3-27-21-11-9-18(17-22(21)26-2)10-12-23(25)24-15-13-20(14-16-24)19-7-5-4-6-8-19/h4-13,17H,3,14-16H2,1-2H3. The predicted molar refractivity (Wildman–Crippen MR) is 109 cm³/mol. The molecule has 0 N–H and O–H groups in total. The molecule has 27 heavy (non-hydrogen) atoms. The third-order valence-electron chi connectivity index (χ3n) is 4.57. The molecule has 0 radical (unpaired) electrons. The normalized spacial score (nSPS) is 14.1. The van der Waals surface area contributed by atoms with Crippen molar-refractivity contribution in [2.45, 2.75) is 13.3 Å². The molecule has 4 heteroatoms. The Morgan fingerprint density at radius 2 is 1.96 bits per heavy atom. The van der Waals surface area contributed by atoms with Crippen molar-refractivity contribution in [3.8, 4) is 11.5 Å². The van der Waals surface area contributed by atoms with Gasteiger partial charge in [-0.3, -0.25) is 4.79 Å². The summed E-state index contributed by atoms with van der Waals surface area (Å²) in [6.07, 6.45) is 6.46. The van der Waals surface area contributed by atoms with Gasteiger partial charge in [0.25, 0.3) is 0 Å². The molecular weight excluding hydrogens is 338 g/mol. The molecule has 0 saturated carbocycles. The summed E-state index contributed by atoms with van der Waals surface area (Å²) in [6.45, 7) is 3.89. The van der Waals surface area contributed by atoms with E-state index in [1.54, 1.807) is 13.2 Å². The Morgan fingerprint density at radius 1 is 1.15 bits per heavy atom. The number of ether oxygens (including phenoxy) is 2. The zero-order valence-corrected chi connectivity index (χ0v) is 15.9. The van der Waals surface area contributed by atoms with Crippen LogP contribution in [0.5, 0.6) is 11.5 Å². The third-order valence-corrected chi connectivity index (χ3v) is 4.57. The molecule has 1 amide bonds. The topological polar surface area (TPSA) is 38.8 Å². The third kappa shape index (κ3) is 4.79. The van der Waals surface area contributed by atoms with E-state index in [1.165, 1.54) is 11.1 Å². The Morgan fingerprint density at radius 3 is 2.63 bits per heavy atom. The number of hydrogen-bond donors (Lipinski definition) is 0. The van der Waals surface area contributed by atoms with Crippen LogP contribution < -0.4 is 9.47 Å². The minimum atomic E-state index is 0.0196. The van der Waals surface area contributed by atoms with Gasteiger partial charge in [0.1, 0.15) is 0 Å². The lowest BCUT2D eigenvalue weighted by Crippen LogP contribution is -2.33. The second-order valence-corrected chi connectivity index (χ2v) is 6.31. The fourth-order valence-corrected chi connectivity index (χ4v) is 3.12. The highest BCUT2D eigenvalue weighted by Crippen LogP contribution is 2.28. The SMILES string of the molecule is CCOc1ccc(C=CC(=O)N2CC=C(c3ccccc3)CC2)cc1OC. The molecule has 1 heterocycles. The summed E-state index contributed by atoms with van der Waals surface area (Å²) < 4.78 is 10.9. The van der Waals surface area contributed by atoms with Crippen LogP contribution in [0.4, 0.5) is 0 Å². The maximum atomic E-state index is 12.5. The Balaban J connectivity index is 1.63. The molecule has 4 nitrogen and oxygen atoms in total. The Bertz CT molecular complexity index is 840. The van der Waals surface area contributed by atoms with Gasteiger partial charge in [-0.1, -0.05) is 42.5 Å². The van der Waals surface area contributed by atoms with Crippen molar-refractivity contribution in [2.24, 2.45) is 0 Å². The monoisotopic (exact) mass is 363 g/mol. The summed E-state index contributed by atoms with van der Waals surface area (Å²) in [6, 6.07) is 16.0. The smallest absolute Gasteiger partial charge is 0.246 e. The van der Waals surface area contributed by atoms with Crippen LogP contribution in [0.15, 0.2) is 60.7 Å². The Labute approximate surface area is 160 Å². The molecule has 0 aromatic heterocycles. The molecule has 140 valence electrons. The molecule has 0 unspecified atom stereocenters. The fourth-order valence-electron chi connectivity index (χ4n) is 3.12. The maximum Gasteiger partial charge on any atom is 0.246 e. The first-order chi connectivity index (χ1) is 13.2. The van der Waals surface area contributed by atoms with Crippen LogP contribution in [0.3, 0.4) is 0 Å². The number of carbonyl (C=O) groups is 1. The summed E-state index contributed by atoms with van der Waals surface area (Å²) in [4.78, 5) is 14.3. The molecular formula is C23H25NO3. The second kappa shape index (κ2) is 9.08. The molecule has 0 aliphatic carbocycles. The summed E-state index contributed by atoms with van der Waals surface area (Å²) in [7, 11) is 1.61. The van der Waals surface area contributed by atoms with Gasteiger partial charge < -0.3 is 14.4 Å². The van der Waals surface area contributed by atoms with E-state index in [0.29, 0.717) is 24.7 Å². The molecule has 0 fully saturated rings. The van der Waals surface area contributed by atoms with Gasteiger partial charge in [0.15, 0.2) is 11.5 Å². The van der Waals surface area contributed by atoms with E-state index in [2.05, 4.69) is 18.2 Å².